The Morgan fingerprint density at radius 3 is 2.53 bits per heavy atom. The van der Waals surface area contributed by atoms with Crippen molar-refractivity contribution in [1.29, 1.82) is 5.26 Å². The molecule has 0 saturated carbocycles. The van der Waals surface area contributed by atoms with Crippen LogP contribution in [0.3, 0.4) is 0 Å². The summed E-state index contributed by atoms with van der Waals surface area (Å²) in [7, 11) is 0. The molecule has 0 radical (unpaired) electrons. The Morgan fingerprint density at radius 2 is 2.07 bits per heavy atom. The van der Waals surface area contributed by atoms with E-state index in [2.05, 4.69) is 11.3 Å². The van der Waals surface area contributed by atoms with Crippen LogP contribution in [0.15, 0.2) is 24.8 Å². The van der Waals surface area contributed by atoms with Gasteiger partial charge in [-0.3, -0.25) is 0 Å². The summed E-state index contributed by atoms with van der Waals surface area (Å²) < 4.78 is 39.3. The van der Waals surface area contributed by atoms with E-state index in [1.165, 1.54) is 18.2 Å². The van der Waals surface area contributed by atoms with Gasteiger partial charge in [0.1, 0.15) is 11.8 Å². The van der Waals surface area contributed by atoms with Crippen LogP contribution in [0.2, 0.25) is 0 Å². The highest BCUT2D eigenvalue weighted by Crippen LogP contribution is 2.26. The van der Waals surface area contributed by atoms with Crippen molar-refractivity contribution < 1.29 is 17.9 Å². The lowest BCUT2D eigenvalue weighted by molar-refractivity contribution is -0.274. The standard InChI is InChI=1S/C10H6F3NO/c1-2-7-3-4-9(8(5-7)6-14)15-10(11,12)13/h2-5H,1H2. The smallest absolute Gasteiger partial charge is 0.404 e. The minimum absolute atomic E-state index is 0.176. The molecule has 0 aliphatic rings. The van der Waals surface area contributed by atoms with E-state index in [1.807, 2.05) is 0 Å². The number of benzene rings is 1. The maximum Gasteiger partial charge on any atom is 0.573 e. The van der Waals surface area contributed by atoms with E-state index >= 15 is 0 Å². The van der Waals surface area contributed by atoms with Crippen molar-refractivity contribution in [3.63, 3.8) is 0 Å². The van der Waals surface area contributed by atoms with Gasteiger partial charge in [0.25, 0.3) is 0 Å². The average Bonchev–Trinajstić information content (AvgIpc) is 2.16. The van der Waals surface area contributed by atoms with E-state index in [0.29, 0.717) is 5.56 Å². The Labute approximate surface area is 84.2 Å². The van der Waals surface area contributed by atoms with Crippen LogP contribution in [0.4, 0.5) is 13.2 Å². The minimum atomic E-state index is -4.79. The molecule has 0 aliphatic carbocycles. The lowest BCUT2D eigenvalue weighted by Gasteiger charge is -2.10. The van der Waals surface area contributed by atoms with E-state index in [-0.39, 0.29) is 5.56 Å². The molecule has 0 atom stereocenters. The van der Waals surface area contributed by atoms with Crippen LogP contribution in [-0.2, 0) is 0 Å². The summed E-state index contributed by atoms with van der Waals surface area (Å²) in [4.78, 5) is 0. The minimum Gasteiger partial charge on any atom is -0.404 e. The Hall–Kier alpha value is -1.96. The highest BCUT2D eigenvalue weighted by Gasteiger charge is 2.32. The Balaban J connectivity index is 3.10. The number of nitrogens with zero attached hydrogens (tertiary/aromatic N) is 1. The molecule has 0 fully saturated rings. The van der Waals surface area contributed by atoms with E-state index in [9.17, 15) is 13.2 Å². The van der Waals surface area contributed by atoms with Crippen LogP contribution in [0.25, 0.3) is 6.08 Å². The molecular formula is C10H6F3NO. The normalized spacial score (nSPS) is 10.5. The summed E-state index contributed by atoms with van der Waals surface area (Å²) in [5.41, 5.74) is 0.380. The van der Waals surface area contributed by atoms with E-state index in [0.717, 1.165) is 6.07 Å². The van der Waals surface area contributed by atoms with Crippen LogP contribution in [0, 0.1) is 11.3 Å². The van der Waals surface area contributed by atoms with Crippen LogP contribution in [0.1, 0.15) is 11.1 Å². The predicted molar refractivity (Wildman–Crippen MR) is 47.9 cm³/mol. The van der Waals surface area contributed by atoms with Gasteiger partial charge in [0.2, 0.25) is 0 Å². The molecule has 0 spiro atoms. The SMILES string of the molecule is C=Cc1ccc(OC(F)(F)F)c(C#N)c1. The number of rotatable bonds is 2. The number of hydrogen-bond acceptors (Lipinski definition) is 2. The Morgan fingerprint density at radius 1 is 1.40 bits per heavy atom. The van der Waals surface area contributed by atoms with Gasteiger partial charge in [-0.2, -0.15) is 5.26 Å². The first kappa shape index (κ1) is 11.1. The summed E-state index contributed by atoms with van der Waals surface area (Å²) in [6.07, 6.45) is -3.36. The van der Waals surface area contributed by atoms with Gasteiger partial charge in [-0.25, -0.2) is 0 Å². The molecule has 0 bridgehead atoms. The summed E-state index contributed by atoms with van der Waals surface area (Å²) >= 11 is 0. The number of hydrogen-bond donors (Lipinski definition) is 0. The molecule has 0 amide bonds. The van der Waals surface area contributed by atoms with Crippen molar-refractivity contribution in [3.05, 3.63) is 35.9 Å². The second kappa shape index (κ2) is 4.05. The van der Waals surface area contributed by atoms with Gasteiger partial charge in [-0.15, -0.1) is 13.2 Å². The molecule has 0 heterocycles. The molecule has 0 aromatic heterocycles. The fourth-order valence-corrected chi connectivity index (χ4v) is 0.976. The maximum atomic E-state index is 11.9. The van der Waals surface area contributed by atoms with Gasteiger partial charge >= 0.3 is 6.36 Å². The lowest BCUT2D eigenvalue weighted by atomic mass is 10.1. The summed E-state index contributed by atoms with van der Waals surface area (Å²) in [5.74, 6) is -0.504. The molecule has 5 heteroatoms. The molecule has 0 unspecified atom stereocenters. The zero-order valence-electron chi connectivity index (χ0n) is 7.51. The highest BCUT2D eigenvalue weighted by molar-refractivity contribution is 5.55. The summed E-state index contributed by atoms with van der Waals surface area (Å²) in [6, 6.07) is 5.36. The maximum absolute atomic E-state index is 11.9. The number of halogens is 3. The second-order valence-corrected chi connectivity index (χ2v) is 2.62. The van der Waals surface area contributed by atoms with Crippen LogP contribution in [-0.4, -0.2) is 6.36 Å². The Bertz CT molecular complexity index is 418. The van der Waals surface area contributed by atoms with Gasteiger partial charge in [0.05, 0.1) is 5.56 Å². The molecule has 1 aromatic rings. The molecule has 1 rings (SSSR count). The molecule has 1 aromatic carbocycles. The van der Waals surface area contributed by atoms with Crippen molar-refractivity contribution in [2.24, 2.45) is 0 Å². The zero-order chi connectivity index (χ0) is 11.5. The van der Waals surface area contributed by atoms with Gasteiger partial charge < -0.3 is 4.74 Å². The van der Waals surface area contributed by atoms with Crippen LogP contribution < -0.4 is 4.74 Å². The molecule has 0 saturated heterocycles. The lowest BCUT2D eigenvalue weighted by Crippen LogP contribution is -2.17. The van der Waals surface area contributed by atoms with E-state index in [1.54, 1.807) is 6.07 Å². The Kier molecular flexibility index (Phi) is 3.00. The summed E-state index contributed by atoms with van der Waals surface area (Å²) in [6.45, 7) is 3.44. The fourth-order valence-electron chi connectivity index (χ4n) is 0.976. The van der Waals surface area contributed by atoms with Crippen molar-refractivity contribution in [1.82, 2.24) is 0 Å². The molecular weight excluding hydrogens is 207 g/mol. The molecule has 78 valence electrons. The number of alkyl halides is 3. The third kappa shape index (κ3) is 3.02. The monoisotopic (exact) mass is 213 g/mol. The molecule has 0 N–H and O–H groups in total. The molecule has 0 aliphatic heterocycles. The number of nitriles is 1. The predicted octanol–water partition coefficient (Wildman–Crippen LogP) is 3.10. The second-order valence-electron chi connectivity index (χ2n) is 2.62. The summed E-state index contributed by atoms with van der Waals surface area (Å²) in [5, 5.41) is 8.60. The van der Waals surface area contributed by atoms with Crippen LogP contribution >= 0.6 is 0 Å². The first-order valence-electron chi connectivity index (χ1n) is 3.88. The largest absolute Gasteiger partial charge is 0.573 e. The van der Waals surface area contributed by atoms with Gasteiger partial charge in [0, 0.05) is 0 Å². The van der Waals surface area contributed by atoms with E-state index < -0.39 is 12.1 Å². The zero-order valence-corrected chi connectivity index (χ0v) is 7.51. The molecule has 15 heavy (non-hydrogen) atoms. The average molecular weight is 213 g/mol. The first-order valence-corrected chi connectivity index (χ1v) is 3.88. The van der Waals surface area contributed by atoms with Gasteiger partial charge in [-0.1, -0.05) is 18.7 Å². The molecule has 2 nitrogen and oxygen atoms in total. The first-order chi connectivity index (χ1) is 6.96. The topological polar surface area (TPSA) is 33.0 Å². The van der Waals surface area contributed by atoms with Crippen molar-refractivity contribution in [2.45, 2.75) is 6.36 Å². The van der Waals surface area contributed by atoms with Gasteiger partial charge in [0.15, 0.2) is 0 Å². The number of ether oxygens (including phenoxy) is 1. The quantitative estimate of drug-likeness (QED) is 0.756. The highest BCUT2D eigenvalue weighted by atomic mass is 19.4. The van der Waals surface area contributed by atoms with Gasteiger partial charge in [-0.05, 0) is 17.7 Å². The van der Waals surface area contributed by atoms with Crippen molar-refractivity contribution in [2.75, 3.05) is 0 Å². The third-order valence-corrected chi connectivity index (χ3v) is 1.59. The van der Waals surface area contributed by atoms with Crippen LogP contribution in [0.5, 0.6) is 5.75 Å². The van der Waals surface area contributed by atoms with Crippen molar-refractivity contribution >= 4 is 6.08 Å². The fraction of sp³-hybridized carbons (Fsp3) is 0.100. The van der Waals surface area contributed by atoms with Crippen molar-refractivity contribution in [3.8, 4) is 11.8 Å². The third-order valence-electron chi connectivity index (χ3n) is 1.59. The van der Waals surface area contributed by atoms with E-state index in [4.69, 9.17) is 5.26 Å².